The van der Waals surface area contributed by atoms with Gasteiger partial charge in [-0.3, -0.25) is 33.6 Å². The maximum Gasteiger partial charge on any atom is 0.442 e. The average molecular weight is 1570 g/mol. The minimum absolute atomic E-state index is 0.00101. The first-order valence-electron chi connectivity index (χ1n) is 36.3. The summed E-state index contributed by atoms with van der Waals surface area (Å²) in [6, 6.07) is 53.7. The van der Waals surface area contributed by atoms with Crippen LogP contribution in [0.1, 0.15) is 142 Å². The van der Waals surface area contributed by atoms with Gasteiger partial charge in [0.2, 0.25) is 23.6 Å². The molecule has 10 atom stereocenters. The van der Waals surface area contributed by atoms with Crippen molar-refractivity contribution in [3.63, 3.8) is 0 Å². The Hall–Kier alpha value is -12.0. The summed E-state index contributed by atoms with van der Waals surface area (Å²) in [5.74, 6) is 1.89. The molecule has 0 aromatic heterocycles. The first kappa shape index (κ1) is 92.7. The number of amides is 4. The number of nitrogens with zero attached hydrogens (tertiary/aromatic N) is 4. The lowest BCUT2D eigenvalue weighted by Gasteiger charge is -2.18. The smallest absolute Gasteiger partial charge is 0.442 e. The number of aliphatic hydroxyl groups excluding tert-OH is 5. The van der Waals surface area contributed by atoms with E-state index in [0.717, 1.165) is 17.5 Å². The van der Waals surface area contributed by atoms with E-state index in [2.05, 4.69) is 44.1 Å². The summed E-state index contributed by atoms with van der Waals surface area (Å²) in [4.78, 5) is 80.6. The summed E-state index contributed by atoms with van der Waals surface area (Å²) in [6.07, 6.45) is 12.0. The molecule has 0 bridgehead atoms. The van der Waals surface area contributed by atoms with E-state index < -0.39 is 113 Å². The Balaban J connectivity index is 0.000000256. The Labute approximate surface area is 657 Å². The zero-order valence-electron chi connectivity index (χ0n) is 62.5. The number of carbonyl (C=O) groups excluding carboxylic acids is 6. The number of primary amides is 4. The highest BCUT2D eigenvalue weighted by molar-refractivity contribution is 6.09. The van der Waals surface area contributed by atoms with Gasteiger partial charge in [-0.2, -0.15) is 26.3 Å². The van der Waals surface area contributed by atoms with Gasteiger partial charge in [0.1, 0.15) is 0 Å². The third kappa shape index (κ3) is 28.1. The van der Waals surface area contributed by atoms with Gasteiger partial charge in [-0.1, -0.05) is 195 Å². The molecule has 0 spiro atoms. The van der Waals surface area contributed by atoms with Gasteiger partial charge in [0.05, 0.1) is 60.1 Å². The molecule has 114 heavy (non-hydrogen) atoms. The molecule has 0 aliphatic carbocycles. The summed E-state index contributed by atoms with van der Waals surface area (Å²) in [5.41, 5.74) is 22.8. The quantitative estimate of drug-likeness (QED) is 0.00993. The molecule has 0 radical (unpaired) electrons. The fourth-order valence-corrected chi connectivity index (χ4v) is 11.9. The largest absolute Gasteiger partial charge is 0.481 e. The molecule has 7 aromatic rings. The molecular weight excluding hydrogens is 1480 g/mol. The zero-order valence-corrected chi connectivity index (χ0v) is 62.5. The molecule has 14 N–H and O–H groups in total. The van der Waals surface area contributed by atoms with Gasteiger partial charge in [-0.15, -0.1) is 69.8 Å². The Morgan fingerprint density at radius 2 is 0.570 bits per heavy atom. The number of benzene rings is 7. The minimum Gasteiger partial charge on any atom is -0.481 e. The molecule has 4 unspecified atom stereocenters. The number of carboxylic acid groups (broad SMARTS) is 1. The SMILES string of the molecule is C#CCC(C(=O)O)C(O)CCc1ccc(C(=O)c2ccccc2)cc1.C#CCC(C(N)=O)C(O)CCc1ccc(C(=O)c2ccccc2)cc1.C#CC[C@@H](C(N)=O)[C@@H](O)CCc1ccc(C2(C(F)(F)F)N=N2)cc1.C#CC[C@@H](C(N)=O)[C@H](O)CCc1ccc(C2(C(F)(F)F)N=N2)cc1.CC[C@@H](C(N)=O)[C@H](O)CCc1ccccc1. The number of carboxylic acids is 1. The molecule has 9 rings (SSSR count). The number of ketones is 2. The zero-order chi connectivity index (χ0) is 84.3. The molecule has 2 aliphatic heterocycles. The Morgan fingerprint density at radius 3 is 0.798 bits per heavy atom. The van der Waals surface area contributed by atoms with Crippen molar-refractivity contribution in [1.82, 2.24) is 0 Å². The third-order valence-corrected chi connectivity index (χ3v) is 19.0. The molecule has 7 aromatic carbocycles. The molecule has 0 saturated carbocycles. The van der Waals surface area contributed by atoms with Crippen molar-refractivity contribution in [2.24, 2.45) is 73.0 Å². The third-order valence-electron chi connectivity index (χ3n) is 19.0. The van der Waals surface area contributed by atoms with Crippen molar-refractivity contribution >= 4 is 41.2 Å². The number of rotatable bonds is 36. The summed E-state index contributed by atoms with van der Waals surface area (Å²) >= 11 is 0. The van der Waals surface area contributed by atoms with Gasteiger partial charge in [0.25, 0.3) is 0 Å². The van der Waals surface area contributed by atoms with Crippen LogP contribution in [0, 0.1) is 79.0 Å². The average Bonchev–Trinajstić information content (AvgIpc) is 1.59. The molecule has 21 nitrogen and oxygen atoms in total. The molecule has 4 amide bonds. The second-order valence-corrected chi connectivity index (χ2v) is 27.0. The molecule has 0 fully saturated rings. The van der Waals surface area contributed by atoms with Crippen molar-refractivity contribution in [3.05, 3.63) is 249 Å². The van der Waals surface area contributed by atoms with Crippen LogP contribution in [0.5, 0.6) is 0 Å². The molecule has 2 heterocycles. The number of hydrogen-bond acceptors (Lipinski definition) is 16. The topological polar surface area (TPSA) is 394 Å². The van der Waals surface area contributed by atoms with E-state index in [1.807, 2.05) is 97.9 Å². The Morgan fingerprint density at radius 1 is 0.351 bits per heavy atom. The van der Waals surface area contributed by atoms with Crippen molar-refractivity contribution in [1.29, 1.82) is 0 Å². The number of halogens is 6. The maximum atomic E-state index is 12.9. The number of terminal acetylenes is 4. The second-order valence-electron chi connectivity index (χ2n) is 27.0. The van der Waals surface area contributed by atoms with Crippen LogP contribution >= 0.6 is 0 Å². The number of aliphatic carboxylic acids is 1. The number of aliphatic hydroxyl groups is 5. The molecule has 600 valence electrons. The van der Waals surface area contributed by atoms with Crippen LogP contribution in [0.3, 0.4) is 0 Å². The number of carbonyl (C=O) groups is 7. The van der Waals surface area contributed by atoms with Crippen LogP contribution in [0.25, 0.3) is 0 Å². The van der Waals surface area contributed by atoms with E-state index >= 15 is 0 Å². The predicted octanol–water partition coefficient (Wildman–Crippen LogP) is 11.3. The predicted molar refractivity (Wildman–Crippen MR) is 415 cm³/mol. The molecule has 27 heteroatoms. The van der Waals surface area contributed by atoms with Gasteiger partial charge in [0, 0.05) is 59.1 Å². The lowest BCUT2D eigenvalue weighted by Crippen LogP contribution is -2.33. The lowest BCUT2D eigenvalue weighted by atomic mass is 9.92. The van der Waals surface area contributed by atoms with Crippen molar-refractivity contribution in [3.8, 4) is 49.4 Å². The van der Waals surface area contributed by atoms with Crippen molar-refractivity contribution in [2.45, 2.75) is 157 Å². The Bertz CT molecular complexity index is 4260. The highest BCUT2D eigenvalue weighted by Crippen LogP contribution is 2.53. The molecule has 0 saturated heterocycles. The molecule has 2 aliphatic rings. The summed E-state index contributed by atoms with van der Waals surface area (Å²) < 4.78 is 77.4. The van der Waals surface area contributed by atoms with Gasteiger partial charge in [-0.05, 0) is 98.4 Å². The first-order chi connectivity index (χ1) is 54.1. The highest BCUT2D eigenvalue weighted by atomic mass is 19.4. The standard InChI is InChI=1S/C21H21NO3.C21H20O4.2C16H16F3N3O2.C13H19NO2/c1-2-6-18(21(22)25)19(23)14-11-15-9-12-17(13-10-15)20(24)16-7-4-3-5-8-16;1-2-6-18(21(24)25)19(22)14-11-15-9-12-17(13-10-15)20(23)16-7-4-3-5-8-16;2*1-2-3-12(14(20)24)13(23)9-6-10-4-7-11(8-5-10)15(21-22-15)16(17,18)19;1-2-11(13(14)16)12(15)9-8-10-6-4-3-5-7-10/h1,3-5,7-10,12-13,18-19,23H,6,11,14H2,(H2,22,25);1,3-5,7-10,12-13,18-19,22H,6,11,14H2,(H,24,25);2*1,4-5,7-8,12-13,23H,3,6,9H2,(H2,20,24);3-7,11-12,15H,2,8-9H2,1H3,(H2,14,16)/t;;12-,13+;12-,13-;11-,12-/m..111/s1. The van der Waals surface area contributed by atoms with E-state index in [9.17, 15) is 85.4 Å². The lowest BCUT2D eigenvalue weighted by molar-refractivity contribution is -0.166. The van der Waals surface area contributed by atoms with E-state index in [4.69, 9.17) is 53.7 Å². The number of hydrogen-bond donors (Lipinski definition) is 10. The van der Waals surface area contributed by atoms with Crippen LogP contribution < -0.4 is 22.9 Å². The highest BCUT2D eigenvalue weighted by Gasteiger charge is 2.66. The summed E-state index contributed by atoms with van der Waals surface area (Å²) in [6.45, 7) is 1.86. The van der Waals surface area contributed by atoms with Gasteiger partial charge in [-0.25, -0.2) is 0 Å². The van der Waals surface area contributed by atoms with E-state index in [0.29, 0.717) is 84.7 Å². The van der Waals surface area contributed by atoms with Crippen LogP contribution in [0.4, 0.5) is 26.3 Å². The summed E-state index contributed by atoms with van der Waals surface area (Å²) in [5, 5.41) is 71.6. The van der Waals surface area contributed by atoms with Gasteiger partial charge in [0.15, 0.2) is 11.6 Å². The fourth-order valence-electron chi connectivity index (χ4n) is 11.9. The van der Waals surface area contributed by atoms with E-state index in [1.165, 1.54) is 54.1 Å². The minimum atomic E-state index is -4.56. The summed E-state index contributed by atoms with van der Waals surface area (Å²) in [7, 11) is 0. The first-order valence-corrected chi connectivity index (χ1v) is 36.3. The monoisotopic (exact) mass is 1570 g/mol. The van der Waals surface area contributed by atoms with Gasteiger partial charge < -0.3 is 53.6 Å². The van der Waals surface area contributed by atoms with Crippen LogP contribution in [-0.4, -0.2) is 115 Å². The maximum absolute atomic E-state index is 12.9. The van der Waals surface area contributed by atoms with Crippen molar-refractivity contribution in [2.75, 3.05) is 0 Å². The van der Waals surface area contributed by atoms with Crippen LogP contribution in [0.2, 0.25) is 0 Å². The number of nitrogens with two attached hydrogens (primary N) is 4. The van der Waals surface area contributed by atoms with E-state index in [-0.39, 0.29) is 61.2 Å². The number of alkyl halides is 6. The number of aryl methyl sites for hydroxylation is 5. The Kier molecular flexibility index (Phi) is 36.5. The van der Waals surface area contributed by atoms with Crippen LogP contribution in [0.15, 0.2) is 209 Å². The normalized spacial score (nSPS) is 15.1. The van der Waals surface area contributed by atoms with Crippen molar-refractivity contribution < 1.29 is 90.5 Å². The second kappa shape index (κ2) is 44.9. The fraction of sp³-hybridized carbons (Fsp3) is 0.345. The molecular formula is C87H92F6N8O13. The van der Waals surface area contributed by atoms with Crippen LogP contribution in [-0.2, 0) is 67.4 Å². The van der Waals surface area contributed by atoms with E-state index in [1.54, 1.807) is 48.5 Å². The van der Waals surface area contributed by atoms with Gasteiger partial charge >= 0.3 is 29.6 Å².